The third kappa shape index (κ3) is 2.42. The predicted octanol–water partition coefficient (Wildman–Crippen LogP) is 4.55. The van der Waals surface area contributed by atoms with Gasteiger partial charge in [0.25, 0.3) is 0 Å². The van der Waals surface area contributed by atoms with Crippen molar-refractivity contribution in [2.45, 2.75) is 19.4 Å². The molecular weight excluding hydrogens is 252 g/mol. The maximum atomic E-state index is 10.5. The van der Waals surface area contributed by atoms with Crippen molar-refractivity contribution in [2.75, 3.05) is 0 Å². The average Bonchev–Trinajstić information content (AvgIpc) is 2.90. The highest BCUT2D eigenvalue weighted by molar-refractivity contribution is 7.19. The minimum absolute atomic E-state index is 0.524. The van der Waals surface area contributed by atoms with E-state index in [-0.39, 0.29) is 0 Å². The molecule has 0 bridgehead atoms. The Balaban J connectivity index is 2.00. The second kappa shape index (κ2) is 5.16. The van der Waals surface area contributed by atoms with Gasteiger partial charge in [-0.1, -0.05) is 49.4 Å². The Bertz CT molecular complexity index is 666. The van der Waals surface area contributed by atoms with Crippen molar-refractivity contribution in [3.8, 4) is 0 Å². The fourth-order valence-electron chi connectivity index (χ4n) is 2.28. The zero-order valence-corrected chi connectivity index (χ0v) is 11.7. The van der Waals surface area contributed by atoms with Crippen molar-refractivity contribution in [2.24, 2.45) is 0 Å². The van der Waals surface area contributed by atoms with E-state index in [0.717, 1.165) is 16.9 Å². The van der Waals surface area contributed by atoms with Crippen LogP contribution in [0.1, 0.15) is 29.0 Å². The summed E-state index contributed by atoms with van der Waals surface area (Å²) in [4.78, 5) is 1.01. The van der Waals surface area contributed by atoms with Crippen LogP contribution in [0.2, 0.25) is 0 Å². The van der Waals surface area contributed by atoms with E-state index in [9.17, 15) is 5.11 Å². The molecule has 3 rings (SSSR count). The summed E-state index contributed by atoms with van der Waals surface area (Å²) in [5.74, 6) is 0. The van der Waals surface area contributed by atoms with Crippen molar-refractivity contribution >= 4 is 21.4 Å². The number of aliphatic hydroxyl groups is 1. The molecule has 2 heteroatoms. The maximum Gasteiger partial charge on any atom is 0.113 e. The number of benzene rings is 2. The molecule has 0 spiro atoms. The summed E-state index contributed by atoms with van der Waals surface area (Å²) in [6.45, 7) is 2.13. The molecule has 0 amide bonds. The number of thiophene rings is 1. The molecule has 1 heterocycles. The van der Waals surface area contributed by atoms with Gasteiger partial charge in [0.2, 0.25) is 0 Å². The number of fused-ring (bicyclic) bond motifs is 1. The van der Waals surface area contributed by atoms with Gasteiger partial charge in [0.05, 0.1) is 0 Å². The topological polar surface area (TPSA) is 20.2 Å². The second-order valence-corrected chi connectivity index (χ2v) is 5.80. The van der Waals surface area contributed by atoms with Crippen LogP contribution in [0.3, 0.4) is 0 Å². The van der Waals surface area contributed by atoms with Crippen LogP contribution in [0.15, 0.2) is 54.6 Å². The molecule has 19 heavy (non-hydrogen) atoms. The van der Waals surface area contributed by atoms with Crippen molar-refractivity contribution < 1.29 is 5.11 Å². The maximum absolute atomic E-state index is 10.5. The molecule has 0 saturated carbocycles. The minimum atomic E-state index is -0.524. The van der Waals surface area contributed by atoms with Crippen LogP contribution in [0.5, 0.6) is 0 Å². The summed E-state index contributed by atoms with van der Waals surface area (Å²) in [6.07, 6.45) is 0.469. The minimum Gasteiger partial charge on any atom is -0.383 e. The molecule has 0 saturated heterocycles. The fraction of sp³-hybridized carbons (Fsp3) is 0.176. The van der Waals surface area contributed by atoms with Crippen LogP contribution in [0.4, 0.5) is 0 Å². The largest absolute Gasteiger partial charge is 0.383 e. The molecule has 0 aliphatic carbocycles. The first kappa shape index (κ1) is 12.4. The van der Waals surface area contributed by atoms with Crippen LogP contribution in [0.25, 0.3) is 10.1 Å². The number of hydrogen-bond acceptors (Lipinski definition) is 2. The van der Waals surface area contributed by atoms with Crippen LogP contribution >= 0.6 is 11.3 Å². The molecule has 0 aliphatic rings. The van der Waals surface area contributed by atoms with E-state index in [1.54, 1.807) is 11.3 Å². The van der Waals surface area contributed by atoms with E-state index in [2.05, 4.69) is 37.3 Å². The van der Waals surface area contributed by atoms with Crippen molar-refractivity contribution in [3.63, 3.8) is 0 Å². The van der Waals surface area contributed by atoms with E-state index >= 15 is 0 Å². The second-order valence-electron chi connectivity index (χ2n) is 4.69. The predicted molar refractivity (Wildman–Crippen MR) is 81.7 cm³/mol. The van der Waals surface area contributed by atoms with Crippen LogP contribution in [-0.4, -0.2) is 5.11 Å². The zero-order valence-electron chi connectivity index (χ0n) is 10.8. The number of hydrogen-bond donors (Lipinski definition) is 1. The summed E-state index contributed by atoms with van der Waals surface area (Å²) >= 11 is 1.66. The van der Waals surface area contributed by atoms with E-state index in [1.165, 1.54) is 15.6 Å². The smallest absolute Gasteiger partial charge is 0.113 e. The Labute approximate surface area is 117 Å². The number of aliphatic hydroxyl groups excluding tert-OH is 1. The zero-order chi connectivity index (χ0) is 13.2. The Morgan fingerprint density at radius 2 is 1.89 bits per heavy atom. The molecule has 1 atom stereocenters. The standard InChI is InChI=1S/C17H16OS/c1-2-12-6-5-8-14(10-12)17(18)16-11-13-7-3-4-9-15(13)19-16/h3-11,17-18H,2H2,1H3. The highest BCUT2D eigenvalue weighted by Gasteiger charge is 2.13. The van der Waals surface area contributed by atoms with Gasteiger partial charge in [-0.15, -0.1) is 11.3 Å². The van der Waals surface area contributed by atoms with Gasteiger partial charge in [-0.2, -0.15) is 0 Å². The van der Waals surface area contributed by atoms with Gasteiger partial charge in [0.15, 0.2) is 0 Å². The van der Waals surface area contributed by atoms with Crippen LogP contribution < -0.4 is 0 Å². The molecule has 0 radical (unpaired) electrons. The number of rotatable bonds is 3. The molecular formula is C17H16OS. The summed E-state index contributed by atoms with van der Waals surface area (Å²) < 4.78 is 1.23. The van der Waals surface area contributed by atoms with E-state index in [4.69, 9.17) is 0 Å². The van der Waals surface area contributed by atoms with E-state index in [1.807, 2.05) is 24.3 Å². The molecule has 0 aliphatic heterocycles. The average molecular weight is 268 g/mol. The van der Waals surface area contributed by atoms with Crippen molar-refractivity contribution in [1.29, 1.82) is 0 Å². The van der Waals surface area contributed by atoms with Gasteiger partial charge in [-0.25, -0.2) is 0 Å². The van der Waals surface area contributed by atoms with Crippen LogP contribution in [0, 0.1) is 0 Å². The monoisotopic (exact) mass is 268 g/mol. The quantitative estimate of drug-likeness (QED) is 0.739. The molecule has 1 unspecified atom stereocenters. The lowest BCUT2D eigenvalue weighted by Crippen LogP contribution is -1.97. The first-order valence-corrected chi connectivity index (χ1v) is 7.35. The lowest BCUT2D eigenvalue weighted by molar-refractivity contribution is 0.224. The Morgan fingerprint density at radius 3 is 2.68 bits per heavy atom. The van der Waals surface area contributed by atoms with Gasteiger partial charge in [-0.05, 0) is 35.1 Å². The Morgan fingerprint density at radius 1 is 1.05 bits per heavy atom. The van der Waals surface area contributed by atoms with Gasteiger partial charge in [0, 0.05) is 9.58 Å². The summed E-state index contributed by atoms with van der Waals surface area (Å²) in [5, 5.41) is 11.7. The molecule has 1 aromatic heterocycles. The normalized spacial score (nSPS) is 12.7. The first-order chi connectivity index (χ1) is 9.28. The third-order valence-electron chi connectivity index (χ3n) is 3.39. The molecule has 0 fully saturated rings. The summed E-state index contributed by atoms with van der Waals surface area (Å²) in [6, 6.07) is 18.5. The Kier molecular flexibility index (Phi) is 3.36. The molecule has 3 aromatic rings. The van der Waals surface area contributed by atoms with E-state index in [0.29, 0.717) is 0 Å². The van der Waals surface area contributed by atoms with Crippen molar-refractivity contribution in [3.05, 3.63) is 70.6 Å². The molecule has 2 aromatic carbocycles. The summed E-state index contributed by atoms with van der Waals surface area (Å²) in [7, 11) is 0. The SMILES string of the molecule is CCc1cccc(C(O)c2cc3ccccc3s2)c1. The van der Waals surface area contributed by atoms with Gasteiger partial charge < -0.3 is 5.11 Å². The third-order valence-corrected chi connectivity index (χ3v) is 4.56. The summed E-state index contributed by atoms with van der Waals surface area (Å²) in [5.41, 5.74) is 2.24. The lowest BCUT2D eigenvalue weighted by Gasteiger charge is -2.10. The van der Waals surface area contributed by atoms with Gasteiger partial charge >= 0.3 is 0 Å². The lowest BCUT2D eigenvalue weighted by atomic mass is 10.0. The molecule has 96 valence electrons. The number of aryl methyl sites for hydroxylation is 1. The molecule has 1 nitrogen and oxygen atoms in total. The highest BCUT2D eigenvalue weighted by atomic mass is 32.1. The first-order valence-electron chi connectivity index (χ1n) is 6.53. The van der Waals surface area contributed by atoms with Crippen LogP contribution in [-0.2, 0) is 6.42 Å². The molecule has 1 N–H and O–H groups in total. The fourth-order valence-corrected chi connectivity index (χ4v) is 3.36. The van der Waals surface area contributed by atoms with Gasteiger partial charge in [-0.3, -0.25) is 0 Å². The van der Waals surface area contributed by atoms with Crippen molar-refractivity contribution in [1.82, 2.24) is 0 Å². The van der Waals surface area contributed by atoms with Gasteiger partial charge in [0.1, 0.15) is 6.10 Å². The highest BCUT2D eigenvalue weighted by Crippen LogP contribution is 2.33. The Hall–Kier alpha value is -1.64. The van der Waals surface area contributed by atoms with E-state index < -0.39 is 6.10 Å².